The maximum atomic E-state index is 12.2. The first-order valence-electron chi connectivity index (χ1n) is 7.63. The van der Waals surface area contributed by atoms with Crippen molar-refractivity contribution in [1.82, 2.24) is 4.90 Å². The Morgan fingerprint density at radius 3 is 2.55 bits per heavy atom. The van der Waals surface area contributed by atoms with E-state index in [4.69, 9.17) is 9.15 Å². The van der Waals surface area contributed by atoms with E-state index in [9.17, 15) is 4.79 Å². The molecule has 2 rings (SSSR count). The van der Waals surface area contributed by atoms with Gasteiger partial charge in [-0.25, -0.2) is 0 Å². The zero-order valence-electron chi connectivity index (χ0n) is 13.7. The minimum Gasteiger partial charge on any atom is -0.485 e. The molecule has 1 amide bonds. The van der Waals surface area contributed by atoms with Crippen molar-refractivity contribution in [2.45, 2.75) is 34.3 Å². The van der Waals surface area contributed by atoms with Gasteiger partial charge < -0.3 is 14.1 Å². The molecule has 1 aromatic carbocycles. The molecule has 1 heterocycles. The van der Waals surface area contributed by atoms with E-state index in [0.29, 0.717) is 31.2 Å². The first kappa shape index (κ1) is 16.1. The molecule has 0 N–H and O–H groups in total. The first-order chi connectivity index (χ1) is 10.5. The normalized spacial score (nSPS) is 10.5. The molecule has 1 aromatic heterocycles. The summed E-state index contributed by atoms with van der Waals surface area (Å²) in [5.41, 5.74) is 2.23. The highest BCUT2D eigenvalue weighted by atomic mass is 16.5. The maximum absolute atomic E-state index is 12.2. The summed E-state index contributed by atoms with van der Waals surface area (Å²) in [7, 11) is 0. The highest BCUT2D eigenvalue weighted by molar-refractivity contribution is 5.91. The van der Waals surface area contributed by atoms with E-state index in [0.717, 1.165) is 16.9 Å². The molecule has 0 saturated carbocycles. The van der Waals surface area contributed by atoms with Crippen LogP contribution in [0.5, 0.6) is 5.75 Å². The van der Waals surface area contributed by atoms with E-state index in [1.165, 1.54) is 0 Å². The van der Waals surface area contributed by atoms with Gasteiger partial charge in [-0.1, -0.05) is 12.1 Å². The Morgan fingerprint density at radius 1 is 1.14 bits per heavy atom. The fraction of sp³-hybridized carbons (Fsp3) is 0.389. The van der Waals surface area contributed by atoms with Gasteiger partial charge in [-0.2, -0.15) is 0 Å². The van der Waals surface area contributed by atoms with Gasteiger partial charge in [0.2, 0.25) is 0 Å². The predicted molar refractivity (Wildman–Crippen MR) is 86.2 cm³/mol. The van der Waals surface area contributed by atoms with Gasteiger partial charge >= 0.3 is 0 Å². The van der Waals surface area contributed by atoms with Gasteiger partial charge in [-0.3, -0.25) is 4.79 Å². The van der Waals surface area contributed by atoms with Gasteiger partial charge in [0.25, 0.3) is 5.91 Å². The third kappa shape index (κ3) is 3.70. The van der Waals surface area contributed by atoms with Crippen LogP contribution < -0.4 is 4.74 Å². The van der Waals surface area contributed by atoms with Gasteiger partial charge in [0.1, 0.15) is 18.1 Å². The third-order valence-corrected chi connectivity index (χ3v) is 3.64. The predicted octanol–water partition coefficient (Wildman–Crippen LogP) is 3.96. The van der Waals surface area contributed by atoms with Gasteiger partial charge in [0.05, 0.1) is 0 Å². The summed E-state index contributed by atoms with van der Waals surface area (Å²) in [6.07, 6.45) is 0. The summed E-state index contributed by atoms with van der Waals surface area (Å²) in [6.45, 7) is 9.60. The van der Waals surface area contributed by atoms with Crippen molar-refractivity contribution in [2.24, 2.45) is 0 Å². The third-order valence-electron chi connectivity index (χ3n) is 3.64. The summed E-state index contributed by atoms with van der Waals surface area (Å²) < 4.78 is 11.4. The molecule has 0 bridgehead atoms. The molecule has 0 radical (unpaired) electrons. The number of nitrogens with zero attached hydrogens (tertiary/aromatic N) is 1. The van der Waals surface area contributed by atoms with Gasteiger partial charge in [0.15, 0.2) is 5.76 Å². The molecule has 0 fully saturated rings. The van der Waals surface area contributed by atoms with E-state index in [1.54, 1.807) is 17.0 Å². The number of aryl methyl sites for hydroxylation is 2. The zero-order chi connectivity index (χ0) is 16.1. The van der Waals surface area contributed by atoms with Crippen LogP contribution in [0.25, 0.3) is 0 Å². The van der Waals surface area contributed by atoms with Crippen molar-refractivity contribution >= 4 is 5.91 Å². The van der Waals surface area contributed by atoms with Crippen LogP contribution in [0.3, 0.4) is 0 Å². The first-order valence-corrected chi connectivity index (χ1v) is 7.63. The molecular formula is C18H23NO3. The second-order valence-corrected chi connectivity index (χ2v) is 5.30. The van der Waals surface area contributed by atoms with E-state index in [2.05, 4.69) is 6.07 Å². The zero-order valence-corrected chi connectivity index (χ0v) is 13.7. The molecule has 4 heteroatoms. The van der Waals surface area contributed by atoms with Crippen LogP contribution in [-0.4, -0.2) is 23.9 Å². The van der Waals surface area contributed by atoms with E-state index < -0.39 is 0 Å². The largest absolute Gasteiger partial charge is 0.485 e. The molecular weight excluding hydrogens is 278 g/mol. The average molecular weight is 301 g/mol. The summed E-state index contributed by atoms with van der Waals surface area (Å²) in [6, 6.07) is 9.59. The molecule has 4 nitrogen and oxygen atoms in total. The molecule has 118 valence electrons. The average Bonchev–Trinajstić information content (AvgIpc) is 2.98. The minimum absolute atomic E-state index is 0.0806. The van der Waals surface area contributed by atoms with Crippen molar-refractivity contribution in [1.29, 1.82) is 0 Å². The standard InChI is InChI=1S/C18H23NO3/c1-5-19(6-2)18(20)16-10-9-15(22-16)12-21-17-11-13(3)7-8-14(17)4/h7-11H,5-6,12H2,1-4H3. The number of amides is 1. The quantitative estimate of drug-likeness (QED) is 0.811. The fourth-order valence-electron chi connectivity index (χ4n) is 2.25. The second kappa shape index (κ2) is 7.16. The van der Waals surface area contributed by atoms with Crippen molar-refractivity contribution in [2.75, 3.05) is 13.1 Å². The Labute approximate surface area is 131 Å². The molecule has 2 aromatic rings. The Kier molecular flexibility index (Phi) is 5.26. The number of benzene rings is 1. The number of hydrogen-bond donors (Lipinski definition) is 0. The lowest BCUT2D eigenvalue weighted by atomic mass is 10.1. The maximum Gasteiger partial charge on any atom is 0.289 e. The van der Waals surface area contributed by atoms with E-state index in [1.807, 2.05) is 39.8 Å². The molecule has 0 saturated heterocycles. The topological polar surface area (TPSA) is 42.7 Å². The SMILES string of the molecule is CCN(CC)C(=O)c1ccc(COc2cc(C)ccc2C)o1. The monoisotopic (exact) mass is 301 g/mol. The Hall–Kier alpha value is -2.23. The Balaban J connectivity index is 2.03. The van der Waals surface area contributed by atoms with Gasteiger partial charge in [0, 0.05) is 13.1 Å². The lowest BCUT2D eigenvalue weighted by molar-refractivity contribution is 0.0737. The smallest absolute Gasteiger partial charge is 0.289 e. The summed E-state index contributed by atoms with van der Waals surface area (Å²) in [5, 5.41) is 0. The summed E-state index contributed by atoms with van der Waals surface area (Å²) in [5.74, 6) is 1.77. The molecule has 22 heavy (non-hydrogen) atoms. The number of carbonyl (C=O) groups excluding carboxylic acids is 1. The van der Waals surface area contributed by atoms with E-state index in [-0.39, 0.29) is 5.91 Å². The van der Waals surface area contributed by atoms with E-state index >= 15 is 0 Å². The Morgan fingerprint density at radius 2 is 1.86 bits per heavy atom. The van der Waals surface area contributed by atoms with Crippen molar-refractivity contribution in [3.05, 3.63) is 53.0 Å². The van der Waals surface area contributed by atoms with Crippen molar-refractivity contribution in [3.8, 4) is 5.75 Å². The molecule has 0 spiro atoms. The lowest BCUT2D eigenvalue weighted by Gasteiger charge is -2.16. The highest BCUT2D eigenvalue weighted by Crippen LogP contribution is 2.21. The minimum atomic E-state index is -0.0806. The van der Waals surface area contributed by atoms with Crippen LogP contribution >= 0.6 is 0 Å². The number of furan rings is 1. The van der Waals surface area contributed by atoms with Crippen LogP contribution in [0.1, 0.15) is 41.3 Å². The highest BCUT2D eigenvalue weighted by Gasteiger charge is 2.16. The number of ether oxygens (including phenoxy) is 1. The van der Waals surface area contributed by atoms with Crippen molar-refractivity contribution in [3.63, 3.8) is 0 Å². The Bertz CT molecular complexity index is 642. The second-order valence-electron chi connectivity index (χ2n) is 5.30. The molecule has 0 aliphatic heterocycles. The molecule has 0 aliphatic rings. The molecule has 0 unspecified atom stereocenters. The summed E-state index contributed by atoms with van der Waals surface area (Å²) >= 11 is 0. The van der Waals surface area contributed by atoms with Crippen LogP contribution in [-0.2, 0) is 6.61 Å². The summed E-state index contributed by atoms with van der Waals surface area (Å²) in [4.78, 5) is 13.9. The molecule has 0 aliphatic carbocycles. The van der Waals surface area contributed by atoms with Gasteiger partial charge in [-0.15, -0.1) is 0 Å². The number of rotatable bonds is 6. The molecule has 0 atom stereocenters. The number of carbonyl (C=O) groups is 1. The number of hydrogen-bond acceptors (Lipinski definition) is 3. The van der Waals surface area contributed by atoms with Crippen LogP contribution in [0.15, 0.2) is 34.7 Å². The van der Waals surface area contributed by atoms with Crippen LogP contribution in [0.4, 0.5) is 0 Å². The van der Waals surface area contributed by atoms with Gasteiger partial charge in [-0.05, 0) is 57.0 Å². The fourth-order valence-corrected chi connectivity index (χ4v) is 2.25. The van der Waals surface area contributed by atoms with Crippen molar-refractivity contribution < 1.29 is 13.9 Å². The lowest BCUT2D eigenvalue weighted by Crippen LogP contribution is -2.30. The van der Waals surface area contributed by atoms with Crippen LogP contribution in [0.2, 0.25) is 0 Å². The van der Waals surface area contributed by atoms with Crippen LogP contribution in [0, 0.1) is 13.8 Å².